The third-order valence-electron chi connectivity index (χ3n) is 2.17. The molecule has 1 saturated carbocycles. The molecule has 16 heavy (non-hydrogen) atoms. The maximum absolute atomic E-state index is 11.7. The van der Waals surface area contributed by atoms with Crippen molar-refractivity contribution in [3.8, 4) is 0 Å². The zero-order valence-electron chi connectivity index (χ0n) is 10.2. The highest BCUT2D eigenvalue weighted by molar-refractivity contribution is 14.0. The van der Waals surface area contributed by atoms with Crippen molar-refractivity contribution in [3.63, 3.8) is 0 Å². The number of nitrogens with two attached hydrogens (primary N) is 1. The van der Waals surface area contributed by atoms with Gasteiger partial charge in [0.1, 0.15) is 0 Å². The molecule has 0 bridgehead atoms. The van der Waals surface area contributed by atoms with Gasteiger partial charge in [0.15, 0.2) is 5.96 Å². The van der Waals surface area contributed by atoms with Crippen molar-refractivity contribution in [1.29, 1.82) is 0 Å². The van der Waals surface area contributed by atoms with Crippen molar-refractivity contribution in [2.24, 2.45) is 10.7 Å². The summed E-state index contributed by atoms with van der Waals surface area (Å²) in [5, 5.41) is 3.10. The van der Waals surface area contributed by atoms with Gasteiger partial charge in [-0.1, -0.05) is 0 Å². The molecule has 6 heteroatoms. The molecule has 1 rings (SSSR count). The number of halogens is 1. The van der Waals surface area contributed by atoms with Gasteiger partial charge in [-0.2, -0.15) is 0 Å². The molecule has 0 heterocycles. The van der Waals surface area contributed by atoms with E-state index < -0.39 is 10.8 Å². The van der Waals surface area contributed by atoms with Crippen LogP contribution in [0.5, 0.6) is 0 Å². The fourth-order valence-electron chi connectivity index (χ4n) is 1.04. The summed E-state index contributed by atoms with van der Waals surface area (Å²) in [6.45, 7) is 6.45. The Kier molecular flexibility index (Phi) is 6.84. The SMILES string of the molecule is CC(C)(C)S(=O)CCN=C(N)NC1CC1.I. The van der Waals surface area contributed by atoms with Gasteiger partial charge in [0, 0.05) is 27.3 Å². The molecule has 0 aromatic carbocycles. The van der Waals surface area contributed by atoms with Gasteiger partial charge in [-0.05, 0) is 33.6 Å². The molecule has 1 aliphatic carbocycles. The standard InChI is InChI=1S/C10H21N3OS.HI/c1-10(2,3)15(14)7-6-12-9(11)13-8-4-5-8;/h8H,4-7H2,1-3H3,(H3,11,12,13);1H. The average Bonchev–Trinajstić information content (AvgIpc) is 2.86. The van der Waals surface area contributed by atoms with Crippen LogP contribution in [-0.4, -0.2) is 33.3 Å². The Bertz CT molecular complexity index is 272. The lowest BCUT2D eigenvalue weighted by molar-refractivity contribution is 0.648. The second kappa shape index (κ2) is 6.78. The van der Waals surface area contributed by atoms with E-state index in [1.54, 1.807) is 0 Å². The van der Waals surface area contributed by atoms with Gasteiger partial charge < -0.3 is 11.1 Å². The summed E-state index contributed by atoms with van der Waals surface area (Å²) >= 11 is 0. The molecule has 0 spiro atoms. The number of rotatable bonds is 4. The Balaban J connectivity index is 0.00000225. The lowest BCUT2D eigenvalue weighted by Crippen LogP contribution is -2.34. The number of hydrogen-bond donors (Lipinski definition) is 2. The highest BCUT2D eigenvalue weighted by atomic mass is 127. The quantitative estimate of drug-likeness (QED) is 0.451. The third-order valence-corrected chi connectivity index (χ3v) is 4.09. The van der Waals surface area contributed by atoms with Crippen molar-refractivity contribution >= 4 is 40.7 Å². The van der Waals surface area contributed by atoms with Crippen molar-refractivity contribution in [2.75, 3.05) is 12.3 Å². The molecule has 0 aromatic heterocycles. The van der Waals surface area contributed by atoms with Crippen molar-refractivity contribution < 1.29 is 4.21 Å². The van der Waals surface area contributed by atoms with E-state index in [2.05, 4.69) is 10.3 Å². The fourth-order valence-corrected chi connectivity index (χ4v) is 1.91. The summed E-state index contributed by atoms with van der Waals surface area (Å²) in [5.74, 6) is 1.07. The summed E-state index contributed by atoms with van der Waals surface area (Å²) in [5.41, 5.74) is 5.65. The molecule has 1 aliphatic rings. The topological polar surface area (TPSA) is 67.5 Å². The predicted molar refractivity (Wildman–Crippen MR) is 80.8 cm³/mol. The highest BCUT2D eigenvalue weighted by Gasteiger charge is 2.21. The van der Waals surface area contributed by atoms with E-state index in [0.29, 0.717) is 24.3 Å². The van der Waals surface area contributed by atoms with Gasteiger partial charge in [-0.15, -0.1) is 24.0 Å². The molecule has 0 radical (unpaired) electrons. The van der Waals surface area contributed by atoms with Gasteiger partial charge in [-0.3, -0.25) is 9.20 Å². The molecule has 0 saturated heterocycles. The molecule has 0 aliphatic heterocycles. The van der Waals surface area contributed by atoms with Crippen LogP contribution < -0.4 is 11.1 Å². The number of nitrogens with one attached hydrogen (secondary N) is 1. The second-order valence-corrected chi connectivity index (χ2v) is 7.17. The van der Waals surface area contributed by atoms with Gasteiger partial charge in [0.25, 0.3) is 0 Å². The minimum atomic E-state index is -0.841. The Hall–Kier alpha value is 0.150. The fraction of sp³-hybridized carbons (Fsp3) is 0.900. The Morgan fingerprint density at radius 1 is 1.50 bits per heavy atom. The van der Waals surface area contributed by atoms with E-state index in [1.807, 2.05) is 20.8 Å². The van der Waals surface area contributed by atoms with Crippen LogP contribution in [0, 0.1) is 0 Å². The van der Waals surface area contributed by atoms with Crippen molar-refractivity contribution in [2.45, 2.75) is 44.4 Å². The Labute approximate surface area is 117 Å². The van der Waals surface area contributed by atoms with Crippen molar-refractivity contribution in [1.82, 2.24) is 5.32 Å². The molecule has 0 amide bonds. The first-order valence-corrected chi connectivity index (χ1v) is 6.66. The first-order chi connectivity index (χ1) is 6.89. The molecular formula is C10H22IN3OS. The number of guanidine groups is 1. The average molecular weight is 359 g/mol. The van der Waals surface area contributed by atoms with E-state index in [9.17, 15) is 4.21 Å². The van der Waals surface area contributed by atoms with Crippen LogP contribution >= 0.6 is 24.0 Å². The van der Waals surface area contributed by atoms with Crippen LogP contribution in [0.25, 0.3) is 0 Å². The summed E-state index contributed by atoms with van der Waals surface area (Å²) in [7, 11) is -0.841. The first-order valence-electron chi connectivity index (χ1n) is 5.34. The lowest BCUT2D eigenvalue weighted by atomic mass is 10.3. The molecule has 96 valence electrons. The monoisotopic (exact) mass is 359 g/mol. The molecule has 0 aromatic rings. The normalized spacial score (nSPS) is 18.8. The zero-order valence-corrected chi connectivity index (χ0v) is 13.3. The largest absolute Gasteiger partial charge is 0.370 e. The lowest BCUT2D eigenvalue weighted by Gasteiger charge is -2.16. The summed E-state index contributed by atoms with van der Waals surface area (Å²) < 4.78 is 11.5. The van der Waals surface area contributed by atoms with Crippen LogP contribution in [0.1, 0.15) is 33.6 Å². The van der Waals surface area contributed by atoms with E-state index in [0.717, 1.165) is 0 Å². The van der Waals surface area contributed by atoms with Crippen molar-refractivity contribution in [3.05, 3.63) is 0 Å². The number of nitrogens with zero attached hydrogens (tertiary/aromatic N) is 1. The van der Waals surface area contributed by atoms with E-state index in [-0.39, 0.29) is 28.7 Å². The van der Waals surface area contributed by atoms with Gasteiger partial charge >= 0.3 is 0 Å². The summed E-state index contributed by atoms with van der Waals surface area (Å²) in [6, 6.07) is 0.530. The summed E-state index contributed by atoms with van der Waals surface area (Å²) in [4.78, 5) is 4.15. The number of aliphatic imine (C=N–C) groups is 1. The minimum Gasteiger partial charge on any atom is -0.370 e. The smallest absolute Gasteiger partial charge is 0.188 e. The molecule has 3 N–H and O–H groups in total. The minimum absolute atomic E-state index is 0. The zero-order chi connectivity index (χ0) is 11.5. The predicted octanol–water partition coefficient (Wildman–Crippen LogP) is 1.22. The third kappa shape index (κ3) is 6.67. The molecular weight excluding hydrogens is 337 g/mol. The molecule has 4 nitrogen and oxygen atoms in total. The molecule has 1 unspecified atom stereocenters. The summed E-state index contributed by atoms with van der Waals surface area (Å²) in [6.07, 6.45) is 2.37. The Morgan fingerprint density at radius 2 is 2.06 bits per heavy atom. The molecule has 1 fully saturated rings. The van der Waals surface area contributed by atoms with Gasteiger partial charge in [-0.25, -0.2) is 0 Å². The van der Waals surface area contributed by atoms with Crippen LogP contribution in [0.15, 0.2) is 4.99 Å². The number of hydrogen-bond acceptors (Lipinski definition) is 2. The van der Waals surface area contributed by atoms with Crippen LogP contribution in [-0.2, 0) is 10.8 Å². The van der Waals surface area contributed by atoms with E-state index in [4.69, 9.17) is 5.73 Å². The van der Waals surface area contributed by atoms with Crippen LogP contribution in [0.2, 0.25) is 0 Å². The first kappa shape index (κ1) is 16.1. The maximum Gasteiger partial charge on any atom is 0.188 e. The molecule has 1 atom stereocenters. The van der Waals surface area contributed by atoms with E-state index in [1.165, 1.54) is 12.8 Å². The second-order valence-electron chi connectivity index (χ2n) is 4.85. The highest BCUT2D eigenvalue weighted by Crippen LogP contribution is 2.18. The Morgan fingerprint density at radius 3 is 2.50 bits per heavy atom. The van der Waals surface area contributed by atoms with Gasteiger partial charge in [0.2, 0.25) is 0 Å². The maximum atomic E-state index is 11.7. The van der Waals surface area contributed by atoms with Crippen LogP contribution in [0.4, 0.5) is 0 Å². The van der Waals surface area contributed by atoms with E-state index >= 15 is 0 Å². The van der Waals surface area contributed by atoms with Gasteiger partial charge in [0.05, 0.1) is 6.54 Å². The van der Waals surface area contributed by atoms with Crippen LogP contribution in [0.3, 0.4) is 0 Å².